The number of halogens is 2. The van der Waals surface area contributed by atoms with Crippen LogP contribution < -0.4 is 10.6 Å². The molecule has 0 radical (unpaired) electrons. The summed E-state index contributed by atoms with van der Waals surface area (Å²) in [6.45, 7) is 8.04. The molecule has 0 aliphatic carbocycles. The Hall–Kier alpha value is -4.08. The Kier molecular flexibility index (Phi) is 6.87. The molecule has 0 saturated carbocycles. The van der Waals surface area contributed by atoms with Crippen LogP contribution in [0.4, 0.5) is 10.1 Å². The largest absolute Gasteiger partial charge is 0.507 e. The maximum Gasteiger partial charge on any atom is 0.332 e. The Morgan fingerprint density at radius 2 is 1.63 bits per heavy atom. The van der Waals surface area contributed by atoms with Crippen molar-refractivity contribution in [3.8, 4) is 33.7 Å². The van der Waals surface area contributed by atoms with Crippen molar-refractivity contribution in [1.82, 2.24) is 23.8 Å². The van der Waals surface area contributed by atoms with E-state index in [9.17, 15) is 9.90 Å². The molecule has 0 spiro atoms. The second kappa shape index (κ2) is 10.4. The number of rotatable bonds is 5. The molecule has 8 nitrogen and oxygen atoms in total. The van der Waals surface area contributed by atoms with Crippen LogP contribution in [0, 0.1) is 5.82 Å². The third-order valence-corrected chi connectivity index (χ3v) is 8.38. The monoisotopic (exact) mass is 574 g/mol. The normalized spacial score (nSPS) is 14.5. The standard InChI is InChI=1S/C31H32ClFN6O2/c1-19(2)37-8-10-38(11-9-37)29-15-21(14-28-25(29)18-34-36(28)4)24-17-22(33)16-23(30(24)40)20-5-6-27(26(32)13-20)39-12-7-35(3)31(39)41/h5-7,12-19,40H,8-11H2,1-4H3. The molecule has 0 unspecified atom stereocenters. The number of hydrogen-bond acceptors (Lipinski definition) is 5. The first-order valence-electron chi connectivity index (χ1n) is 13.6. The van der Waals surface area contributed by atoms with Crippen LogP contribution in [-0.4, -0.2) is 61.1 Å². The average molecular weight is 575 g/mol. The highest BCUT2D eigenvalue weighted by Gasteiger charge is 2.23. The minimum Gasteiger partial charge on any atom is -0.507 e. The fourth-order valence-electron chi connectivity index (χ4n) is 5.68. The molecule has 2 aromatic heterocycles. The number of nitrogens with zero attached hydrogens (tertiary/aromatic N) is 6. The molecule has 1 fully saturated rings. The molecule has 1 N–H and O–H groups in total. The summed E-state index contributed by atoms with van der Waals surface area (Å²) in [5.74, 6) is -0.534. The van der Waals surface area contributed by atoms with Gasteiger partial charge < -0.3 is 14.6 Å². The zero-order chi connectivity index (χ0) is 29.0. The van der Waals surface area contributed by atoms with E-state index in [1.807, 2.05) is 25.4 Å². The van der Waals surface area contributed by atoms with Gasteiger partial charge in [-0.3, -0.25) is 14.1 Å². The van der Waals surface area contributed by atoms with Gasteiger partial charge in [0.05, 0.1) is 22.4 Å². The van der Waals surface area contributed by atoms with E-state index < -0.39 is 5.82 Å². The minimum absolute atomic E-state index is 0.0517. The summed E-state index contributed by atoms with van der Waals surface area (Å²) < 4.78 is 19.9. The van der Waals surface area contributed by atoms with Crippen molar-refractivity contribution in [2.45, 2.75) is 19.9 Å². The minimum atomic E-state index is -0.482. The SMILES string of the molecule is CC(C)N1CCN(c2cc(-c3cc(F)cc(-c4ccc(-n5ccn(C)c5=O)c(Cl)c4)c3O)cc3c2cnn3C)CC1. The maximum atomic E-state index is 15.2. The summed E-state index contributed by atoms with van der Waals surface area (Å²) in [5, 5.41) is 17.3. The van der Waals surface area contributed by atoms with Crippen LogP contribution in [0.25, 0.3) is 38.8 Å². The van der Waals surface area contributed by atoms with Gasteiger partial charge in [0, 0.05) is 80.9 Å². The number of anilines is 1. The van der Waals surface area contributed by atoms with Gasteiger partial charge >= 0.3 is 5.69 Å². The number of phenols is 1. The lowest BCUT2D eigenvalue weighted by molar-refractivity contribution is 0.209. The van der Waals surface area contributed by atoms with E-state index in [1.165, 1.54) is 21.3 Å². The van der Waals surface area contributed by atoms with Crippen LogP contribution in [0.15, 0.2) is 65.8 Å². The summed E-state index contributed by atoms with van der Waals surface area (Å²) in [6, 6.07) is 12.2. The fraction of sp³-hybridized carbons (Fsp3) is 0.290. The quantitative estimate of drug-likeness (QED) is 0.303. The molecule has 1 aliphatic heterocycles. The summed E-state index contributed by atoms with van der Waals surface area (Å²) in [6.07, 6.45) is 5.15. The number of aromatic hydroxyl groups is 1. The Morgan fingerprint density at radius 1 is 0.927 bits per heavy atom. The van der Waals surface area contributed by atoms with E-state index in [0.29, 0.717) is 39.0 Å². The summed E-state index contributed by atoms with van der Waals surface area (Å²) in [7, 11) is 3.54. The van der Waals surface area contributed by atoms with E-state index in [4.69, 9.17) is 11.6 Å². The molecule has 10 heteroatoms. The number of fused-ring (bicyclic) bond motifs is 1. The van der Waals surface area contributed by atoms with Gasteiger partial charge in [0.15, 0.2) is 0 Å². The average Bonchev–Trinajstić information content (AvgIpc) is 3.50. The summed E-state index contributed by atoms with van der Waals surface area (Å²) in [5.41, 5.74) is 4.10. The smallest absolute Gasteiger partial charge is 0.332 e. The lowest BCUT2D eigenvalue weighted by Crippen LogP contribution is -2.48. The molecule has 6 rings (SSSR count). The molecule has 3 heterocycles. The first-order chi connectivity index (χ1) is 19.6. The lowest BCUT2D eigenvalue weighted by Gasteiger charge is -2.38. The Bertz CT molecular complexity index is 1830. The van der Waals surface area contributed by atoms with Gasteiger partial charge in [-0.25, -0.2) is 9.18 Å². The van der Waals surface area contributed by atoms with E-state index in [1.54, 1.807) is 42.3 Å². The highest BCUT2D eigenvalue weighted by atomic mass is 35.5. The van der Waals surface area contributed by atoms with E-state index in [0.717, 1.165) is 42.8 Å². The van der Waals surface area contributed by atoms with Crippen molar-refractivity contribution in [3.05, 3.63) is 82.4 Å². The van der Waals surface area contributed by atoms with Gasteiger partial charge in [0.1, 0.15) is 11.6 Å². The number of hydrogen-bond donors (Lipinski definition) is 1. The van der Waals surface area contributed by atoms with Gasteiger partial charge in [-0.2, -0.15) is 5.10 Å². The lowest BCUT2D eigenvalue weighted by atomic mass is 9.95. The number of benzene rings is 3. The van der Waals surface area contributed by atoms with E-state index >= 15 is 4.39 Å². The van der Waals surface area contributed by atoms with E-state index in [2.05, 4.69) is 28.7 Å². The molecule has 1 aliphatic rings. The molecule has 0 amide bonds. The van der Waals surface area contributed by atoms with Crippen molar-refractivity contribution in [2.24, 2.45) is 14.1 Å². The maximum absolute atomic E-state index is 15.2. The second-order valence-corrected chi connectivity index (χ2v) is 11.3. The summed E-state index contributed by atoms with van der Waals surface area (Å²) in [4.78, 5) is 17.2. The van der Waals surface area contributed by atoms with Crippen molar-refractivity contribution in [2.75, 3.05) is 31.1 Å². The molecule has 1 saturated heterocycles. The van der Waals surface area contributed by atoms with E-state index in [-0.39, 0.29) is 11.4 Å². The Morgan fingerprint density at radius 3 is 2.27 bits per heavy atom. The Labute approximate surface area is 242 Å². The topological polar surface area (TPSA) is 71.5 Å². The summed E-state index contributed by atoms with van der Waals surface area (Å²) >= 11 is 6.59. The number of imidazole rings is 1. The predicted octanol–water partition coefficient (Wildman–Crippen LogP) is 5.43. The third-order valence-electron chi connectivity index (χ3n) is 8.08. The number of aryl methyl sites for hydroxylation is 2. The van der Waals surface area contributed by atoms with Gasteiger partial charge in [-0.05, 0) is 61.4 Å². The van der Waals surface area contributed by atoms with Crippen molar-refractivity contribution in [1.29, 1.82) is 0 Å². The van der Waals surface area contributed by atoms with Crippen molar-refractivity contribution < 1.29 is 9.50 Å². The molecule has 212 valence electrons. The van der Waals surface area contributed by atoms with Crippen LogP contribution in [0.1, 0.15) is 13.8 Å². The molecule has 5 aromatic rings. The van der Waals surface area contributed by atoms with Crippen LogP contribution in [0.3, 0.4) is 0 Å². The number of piperazine rings is 1. The van der Waals surface area contributed by atoms with Crippen molar-refractivity contribution >= 4 is 28.2 Å². The van der Waals surface area contributed by atoms with Crippen LogP contribution >= 0.6 is 11.6 Å². The van der Waals surface area contributed by atoms with Crippen LogP contribution in [-0.2, 0) is 14.1 Å². The van der Waals surface area contributed by atoms with Crippen LogP contribution in [0.2, 0.25) is 5.02 Å². The highest BCUT2D eigenvalue weighted by Crippen LogP contribution is 2.43. The predicted molar refractivity (Wildman–Crippen MR) is 162 cm³/mol. The van der Waals surface area contributed by atoms with Gasteiger partial charge in [0.25, 0.3) is 0 Å². The molecular weight excluding hydrogens is 543 g/mol. The zero-order valence-electron chi connectivity index (χ0n) is 23.5. The second-order valence-electron chi connectivity index (χ2n) is 10.9. The first-order valence-corrected chi connectivity index (χ1v) is 14.0. The molecule has 0 atom stereocenters. The van der Waals surface area contributed by atoms with Crippen LogP contribution in [0.5, 0.6) is 5.75 Å². The molecule has 0 bridgehead atoms. The van der Waals surface area contributed by atoms with Gasteiger partial charge in [-0.15, -0.1) is 0 Å². The third kappa shape index (κ3) is 4.79. The first kappa shape index (κ1) is 27.1. The fourth-order valence-corrected chi connectivity index (χ4v) is 5.95. The molecule has 3 aromatic carbocycles. The number of phenolic OH excluding ortho intramolecular Hbond substituents is 1. The highest BCUT2D eigenvalue weighted by molar-refractivity contribution is 6.32. The van der Waals surface area contributed by atoms with Gasteiger partial charge in [-0.1, -0.05) is 17.7 Å². The molecule has 41 heavy (non-hydrogen) atoms. The molecular formula is C31H32ClFN6O2. The number of aromatic nitrogens is 4. The van der Waals surface area contributed by atoms with Gasteiger partial charge in [0.2, 0.25) is 0 Å². The Balaban J connectivity index is 1.44. The van der Waals surface area contributed by atoms with Crippen molar-refractivity contribution in [3.63, 3.8) is 0 Å². The zero-order valence-corrected chi connectivity index (χ0v) is 24.2.